The number of rotatable bonds is 4. The van der Waals surface area contributed by atoms with Crippen LogP contribution in [0.5, 0.6) is 0 Å². The Morgan fingerprint density at radius 2 is 2.19 bits per heavy atom. The minimum Gasteiger partial charge on any atom is -0.375 e. The zero-order valence-corrected chi connectivity index (χ0v) is 9.38. The lowest BCUT2D eigenvalue weighted by molar-refractivity contribution is -0.119. The van der Waals surface area contributed by atoms with E-state index < -0.39 is 5.91 Å². The lowest BCUT2D eigenvalue weighted by Gasteiger charge is -2.06. The molecule has 0 aliphatic heterocycles. The minimum absolute atomic E-state index is 0.0610. The van der Waals surface area contributed by atoms with Gasteiger partial charge < -0.3 is 15.8 Å². The molecule has 0 aliphatic rings. The molecule has 0 aromatic heterocycles. The lowest BCUT2D eigenvalue weighted by atomic mass is 10.2. The summed E-state index contributed by atoms with van der Waals surface area (Å²) in [5.74, 6) is -0.965. The first-order valence-electron chi connectivity index (χ1n) is 4.42. The number of primary amides is 1. The monoisotopic (exact) mass is 242 g/mol. The molecule has 0 saturated heterocycles. The van der Waals surface area contributed by atoms with E-state index in [1.54, 1.807) is 6.07 Å². The number of carbonyl (C=O) groups is 2. The molecule has 5 nitrogen and oxygen atoms in total. The number of anilines is 1. The highest BCUT2D eigenvalue weighted by Crippen LogP contribution is 2.19. The maximum atomic E-state index is 11.2. The van der Waals surface area contributed by atoms with Crippen LogP contribution in [0.2, 0.25) is 5.02 Å². The summed E-state index contributed by atoms with van der Waals surface area (Å²) >= 11 is 5.75. The van der Waals surface area contributed by atoms with Gasteiger partial charge in [0, 0.05) is 12.8 Å². The van der Waals surface area contributed by atoms with Crippen molar-refractivity contribution in [2.75, 3.05) is 19.0 Å². The molecule has 0 unspecified atom stereocenters. The van der Waals surface area contributed by atoms with Crippen LogP contribution < -0.4 is 11.1 Å². The zero-order valence-electron chi connectivity index (χ0n) is 8.62. The molecule has 1 aromatic carbocycles. The molecule has 86 valence electrons. The summed E-state index contributed by atoms with van der Waals surface area (Å²) in [6, 6.07) is 4.48. The maximum Gasteiger partial charge on any atom is 0.250 e. The lowest BCUT2D eigenvalue weighted by Crippen LogP contribution is -2.18. The Morgan fingerprint density at radius 1 is 1.50 bits per heavy atom. The van der Waals surface area contributed by atoms with Gasteiger partial charge in [0.15, 0.2) is 0 Å². The number of ether oxygens (including phenoxy) is 1. The average molecular weight is 243 g/mol. The predicted octanol–water partition coefficient (Wildman–Crippen LogP) is 1.02. The van der Waals surface area contributed by atoms with Crippen LogP contribution in [-0.2, 0) is 9.53 Å². The van der Waals surface area contributed by atoms with Gasteiger partial charge in [-0.15, -0.1) is 0 Å². The predicted molar refractivity (Wildman–Crippen MR) is 60.5 cm³/mol. The van der Waals surface area contributed by atoms with Crippen molar-refractivity contribution in [3.63, 3.8) is 0 Å². The molecule has 2 amide bonds. The van der Waals surface area contributed by atoms with Crippen LogP contribution in [0.3, 0.4) is 0 Å². The Balaban J connectivity index is 2.87. The third-order valence-electron chi connectivity index (χ3n) is 1.79. The zero-order chi connectivity index (χ0) is 12.1. The molecule has 0 saturated carbocycles. The van der Waals surface area contributed by atoms with E-state index in [4.69, 9.17) is 17.3 Å². The van der Waals surface area contributed by atoms with E-state index in [-0.39, 0.29) is 23.1 Å². The number of benzene rings is 1. The number of nitrogens with two attached hydrogens (primary N) is 1. The van der Waals surface area contributed by atoms with E-state index in [9.17, 15) is 9.59 Å². The van der Waals surface area contributed by atoms with Gasteiger partial charge >= 0.3 is 0 Å². The Morgan fingerprint density at radius 3 is 2.75 bits per heavy atom. The summed E-state index contributed by atoms with van der Waals surface area (Å²) in [6.07, 6.45) is 0. The molecule has 1 rings (SSSR count). The topological polar surface area (TPSA) is 81.4 Å². The SMILES string of the molecule is COCC(=O)Nc1ccc(Cl)c(C(N)=O)c1. The molecule has 0 radical (unpaired) electrons. The molecule has 0 spiro atoms. The van der Waals surface area contributed by atoms with Crippen LogP contribution in [0, 0.1) is 0 Å². The fourth-order valence-electron chi connectivity index (χ4n) is 1.12. The van der Waals surface area contributed by atoms with Crippen LogP contribution >= 0.6 is 11.6 Å². The van der Waals surface area contributed by atoms with Crippen molar-refractivity contribution in [1.82, 2.24) is 0 Å². The fraction of sp³-hybridized carbons (Fsp3) is 0.200. The summed E-state index contributed by atoms with van der Waals surface area (Å²) in [5.41, 5.74) is 5.72. The van der Waals surface area contributed by atoms with E-state index in [0.29, 0.717) is 5.69 Å². The first kappa shape index (κ1) is 12.5. The molecule has 0 aliphatic carbocycles. The molecular weight excluding hydrogens is 232 g/mol. The quantitative estimate of drug-likeness (QED) is 0.827. The standard InChI is InChI=1S/C10H11ClN2O3/c1-16-5-9(14)13-6-2-3-8(11)7(4-6)10(12)15/h2-4H,5H2,1H3,(H2,12,15)(H,13,14). The Labute approximate surface area is 97.5 Å². The molecule has 16 heavy (non-hydrogen) atoms. The van der Waals surface area contributed by atoms with Gasteiger partial charge in [-0.1, -0.05) is 11.6 Å². The largest absolute Gasteiger partial charge is 0.375 e. The number of amides is 2. The van der Waals surface area contributed by atoms with Crippen molar-refractivity contribution in [2.45, 2.75) is 0 Å². The van der Waals surface area contributed by atoms with Crippen molar-refractivity contribution >= 4 is 29.1 Å². The van der Waals surface area contributed by atoms with Crippen LogP contribution in [0.25, 0.3) is 0 Å². The molecule has 0 fully saturated rings. The highest BCUT2D eigenvalue weighted by atomic mass is 35.5. The molecule has 6 heteroatoms. The van der Waals surface area contributed by atoms with Gasteiger partial charge in [0.05, 0.1) is 10.6 Å². The van der Waals surface area contributed by atoms with E-state index >= 15 is 0 Å². The second kappa shape index (κ2) is 5.48. The number of hydrogen-bond acceptors (Lipinski definition) is 3. The van der Waals surface area contributed by atoms with Crippen LogP contribution in [0.15, 0.2) is 18.2 Å². The Hall–Kier alpha value is -1.59. The smallest absolute Gasteiger partial charge is 0.250 e. The van der Waals surface area contributed by atoms with Gasteiger partial charge in [0.25, 0.3) is 0 Å². The van der Waals surface area contributed by atoms with Gasteiger partial charge in [-0.3, -0.25) is 9.59 Å². The average Bonchev–Trinajstić information content (AvgIpc) is 2.21. The molecule has 0 heterocycles. The maximum absolute atomic E-state index is 11.2. The first-order valence-corrected chi connectivity index (χ1v) is 4.80. The fourth-order valence-corrected chi connectivity index (χ4v) is 1.33. The van der Waals surface area contributed by atoms with Crippen molar-refractivity contribution in [3.8, 4) is 0 Å². The highest BCUT2D eigenvalue weighted by Gasteiger charge is 2.09. The van der Waals surface area contributed by atoms with Crippen molar-refractivity contribution in [2.24, 2.45) is 5.73 Å². The Kier molecular flexibility index (Phi) is 4.28. The van der Waals surface area contributed by atoms with Gasteiger partial charge in [-0.2, -0.15) is 0 Å². The number of nitrogens with one attached hydrogen (secondary N) is 1. The van der Waals surface area contributed by atoms with Gasteiger partial charge in [0.2, 0.25) is 11.8 Å². The van der Waals surface area contributed by atoms with E-state index in [2.05, 4.69) is 10.1 Å². The summed E-state index contributed by atoms with van der Waals surface area (Å²) in [6.45, 7) is -0.0610. The Bertz CT molecular complexity index is 421. The van der Waals surface area contributed by atoms with E-state index in [0.717, 1.165) is 0 Å². The van der Waals surface area contributed by atoms with Gasteiger partial charge in [-0.25, -0.2) is 0 Å². The van der Waals surface area contributed by atoms with Crippen molar-refractivity contribution < 1.29 is 14.3 Å². The number of methoxy groups -OCH3 is 1. The number of hydrogen-bond donors (Lipinski definition) is 2. The van der Waals surface area contributed by atoms with Gasteiger partial charge in [-0.05, 0) is 18.2 Å². The molecule has 1 aromatic rings. The third-order valence-corrected chi connectivity index (χ3v) is 2.12. The third kappa shape index (κ3) is 3.22. The normalized spacial score (nSPS) is 9.88. The summed E-state index contributed by atoms with van der Waals surface area (Å²) in [4.78, 5) is 22.2. The molecular formula is C10H11ClN2O3. The van der Waals surface area contributed by atoms with Crippen molar-refractivity contribution in [1.29, 1.82) is 0 Å². The molecule has 0 bridgehead atoms. The summed E-state index contributed by atoms with van der Waals surface area (Å²) in [5, 5.41) is 2.78. The second-order valence-corrected chi connectivity index (χ2v) is 3.45. The molecule has 3 N–H and O–H groups in total. The summed E-state index contributed by atoms with van der Waals surface area (Å²) in [7, 11) is 1.41. The van der Waals surface area contributed by atoms with E-state index in [1.165, 1.54) is 19.2 Å². The summed E-state index contributed by atoms with van der Waals surface area (Å²) < 4.78 is 4.65. The second-order valence-electron chi connectivity index (χ2n) is 3.04. The van der Waals surface area contributed by atoms with Gasteiger partial charge in [0.1, 0.15) is 6.61 Å². The number of carbonyl (C=O) groups excluding carboxylic acids is 2. The highest BCUT2D eigenvalue weighted by molar-refractivity contribution is 6.33. The van der Waals surface area contributed by atoms with E-state index in [1.807, 2.05) is 0 Å². The van der Waals surface area contributed by atoms with Crippen molar-refractivity contribution in [3.05, 3.63) is 28.8 Å². The van der Waals surface area contributed by atoms with Crippen LogP contribution in [-0.4, -0.2) is 25.5 Å². The number of halogens is 1. The molecule has 0 atom stereocenters. The van der Waals surface area contributed by atoms with Crippen LogP contribution in [0.4, 0.5) is 5.69 Å². The van der Waals surface area contributed by atoms with Crippen LogP contribution in [0.1, 0.15) is 10.4 Å². The first-order chi connectivity index (χ1) is 7.54. The minimum atomic E-state index is -0.646.